The number of benzene rings is 1. The van der Waals surface area contributed by atoms with E-state index in [0.717, 1.165) is 0 Å². The quantitative estimate of drug-likeness (QED) is 0.407. The number of nitrogens with one attached hydrogen (secondary N) is 2. The first-order chi connectivity index (χ1) is 15.9. The predicted octanol–water partition coefficient (Wildman–Crippen LogP) is 3.22. The summed E-state index contributed by atoms with van der Waals surface area (Å²) in [6, 6.07) is 8.90. The third-order valence-electron chi connectivity index (χ3n) is 4.42. The second-order valence-corrected chi connectivity index (χ2v) is 7.28. The fourth-order valence-corrected chi connectivity index (χ4v) is 3.03. The van der Waals surface area contributed by atoms with Crippen LogP contribution in [-0.4, -0.2) is 31.4 Å². The molecule has 10 nitrogen and oxygen atoms in total. The molecule has 2 amide bonds. The van der Waals surface area contributed by atoms with Gasteiger partial charge in [0.05, 0.1) is 23.5 Å². The molecule has 3 aromatic heterocycles. The van der Waals surface area contributed by atoms with Gasteiger partial charge in [-0.25, -0.2) is 9.07 Å². The zero-order valence-electron chi connectivity index (χ0n) is 17.3. The van der Waals surface area contributed by atoms with E-state index in [9.17, 15) is 14.0 Å². The zero-order chi connectivity index (χ0) is 23.4. The topological polar surface area (TPSA) is 116 Å². The Labute approximate surface area is 191 Å². The summed E-state index contributed by atoms with van der Waals surface area (Å²) in [6.07, 6.45) is 4.56. The van der Waals surface area contributed by atoms with E-state index >= 15 is 0 Å². The number of anilines is 1. The molecule has 0 fully saturated rings. The van der Waals surface area contributed by atoms with Crippen LogP contribution in [0.2, 0.25) is 5.02 Å². The maximum atomic E-state index is 13.2. The number of aromatic nitrogens is 4. The molecular formula is C21H18ClFN6O4. The lowest BCUT2D eigenvalue weighted by molar-refractivity contribution is 0.0943. The molecule has 4 rings (SSSR count). The Bertz CT molecular complexity index is 1280. The smallest absolute Gasteiger partial charge is 0.276 e. The molecule has 0 aliphatic rings. The van der Waals surface area contributed by atoms with Crippen molar-refractivity contribution in [3.8, 4) is 5.75 Å². The molecule has 0 bridgehead atoms. The van der Waals surface area contributed by atoms with Crippen molar-refractivity contribution in [2.45, 2.75) is 13.3 Å². The monoisotopic (exact) mass is 472 g/mol. The summed E-state index contributed by atoms with van der Waals surface area (Å²) >= 11 is 5.73. The number of ether oxygens (including phenoxy) is 1. The maximum absolute atomic E-state index is 13.2. The number of carbonyl (C=O) groups is 2. The molecule has 0 saturated heterocycles. The number of halogens is 2. The molecule has 0 atom stereocenters. The standard InChI is InChI=1S/C21H18ClFN6O4/c1-28-11-18(19(27-28)21(31)24-10-14-3-2-8-32-14)25-20(30)17-6-7-29(26-17)12-33-13-4-5-16(23)15(22)9-13/h2-9,11H,10,12H2,1H3,(H,24,31)(H,25,30). The van der Waals surface area contributed by atoms with Crippen molar-refractivity contribution in [1.29, 1.82) is 0 Å². The van der Waals surface area contributed by atoms with Crippen LogP contribution in [0.5, 0.6) is 5.75 Å². The summed E-state index contributed by atoms with van der Waals surface area (Å²) in [5, 5.41) is 13.5. The van der Waals surface area contributed by atoms with Crippen molar-refractivity contribution < 1.29 is 23.1 Å². The molecule has 0 aliphatic heterocycles. The lowest BCUT2D eigenvalue weighted by Gasteiger charge is -2.07. The molecule has 0 unspecified atom stereocenters. The average Bonchev–Trinajstić information content (AvgIpc) is 3.54. The van der Waals surface area contributed by atoms with E-state index in [1.54, 1.807) is 25.4 Å². The second-order valence-electron chi connectivity index (χ2n) is 6.87. The SMILES string of the molecule is Cn1cc(NC(=O)c2ccn(COc3ccc(F)c(Cl)c3)n2)c(C(=O)NCc2ccco2)n1. The fourth-order valence-electron chi connectivity index (χ4n) is 2.86. The number of aryl methyl sites for hydroxylation is 1. The van der Waals surface area contributed by atoms with E-state index in [1.165, 1.54) is 46.1 Å². The fraction of sp³-hybridized carbons (Fsp3) is 0.143. The van der Waals surface area contributed by atoms with Crippen molar-refractivity contribution in [3.05, 3.63) is 83.0 Å². The van der Waals surface area contributed by atoms with Gasteiger partial charge in [0.15, 0.2) is 18.1 Å². The van der Waals surface area contributed by atoms with Gasteiger partial charge < -0.3 is 19.8 Å². The third-order valence-corrected chi connectivity index (χ3v) is 4.71. The summed E-state index contributed by atoms with van der Waals surface area (Å²) in [4.78, 5) is 25.2. The Kier molecular flexibility index (Phi) is 6.41. The first kappa shape index (κ1) is 22.1. The molecule has 33 heavy (non-hydrogen) atoms. The number of rotatable bonds is 8. The highest BCUT2D eigenvalue weighted by molar-refractivity contribution is 6.30. The van der Waals surface area contributed by atoms with Crippen molar-refractivity contribution in [3.63, 3.8) is 0 Å². The van der Waals surface area contributed by atoms with E-state index in [0.29, 0.717) is 11.5 Å². The van der Waals surface area contributed by atoms with Crippen LogP contribution < -0.4 is 15.4 Å². The highest BCUT2D eigenvalue weighted by Crippen LogP contribution is 2.21. The molecule has 170 valence electrons. The molecule has 0 aliphatic carbocycles. The largest absolute Gasteiger partial charge is 0.471 e. The number of furan rings is 1. The normalized spacial score (nSPS) is 10.8. The van der Waals surface area contributed by atoms with Gasteiger partial charge in [-0.05, 0) is 30.3 Å². The van der Waals surface area contributed by atoms with E-state index in [2.05, 4.69) is 20.8 Å². The Morgan fingerprint density at radius 1 is 1.21 bits per heavy atom. The first-order valence-corrected chi connectivity index (χ1v) is 10.0. The molecule has 2 N–H and O–H groups in total. The summed E-state index contributed by atoms with van der Waals surface area (Å²) in [5.41, 5.74) is 0.376. The van der Waals surface area contributed by atoms with Crippen LogP contribution in [0.4, 0.5) is 10.1 Å². The van der Waals surface area contributed by atoms with Crippen LogP contribution in [0.15, 0.2) is 59.5 Å². The van der Waals surface area contributed by atoms with Gasteiger partial charge in [-0.3, -0.25) is 14.3 Å². The number of amides is 2. The molecule has 1 aromatic carbocycles. The molecule has 0 spiro atoms. The Balaban J connectivity index is 1.38. The summed E-state index contributed by atoms with van der Waals surface area (Å²) in [5.74, 6) is -0.624. The average molecular weight is 473 g/mol. The Morgan fingerprint density at radius 2 is 2.06 bits per heavy atom. The molecule has 3 heterocycles. The number of carbonyl (C=O) groups excluding carboxylic acids is 2. The van der Waals surface area contributed by atoms with Crippen LogP contribution >= 0.6 is 11.6 Å². The van der Waals surface area contributed by atoms with Crippen LogP contribution in [0.3, 0.4) is 0 Å². The van der Waals surface area contributed by atoms with Gasteiger partial charge in [0.2, 0.25) is 0 Å². The van der Waals surface area contributed by atoms with Gasteiger partial charge in [-0.15, -0.1) is 0 Å². The van der Waals surface area contributed by atoms with Gasteiger partial charge in [0.25, 0.3) is 11.8 Å². The van der Waals surface area contributed by atoms with Crippen LogP contribution in [0, 0.1) is 5.82 Å². The number of nitrogens with zero attached hydrogens (tertiary/aromatic N) is 4. The predicted molar refractivity (Wildman–Crippen MR) is 115 cm³/mol. The van der Waals surface area contributed by atoms with Gasteiger partial charge in [0.1, 0.15) is 17.3 Å². The van der Waals surface area contributed by atoms with E-state index in [-0.39, 0.29) is 35.4 Å². The number of hydrogen-bond acceptors (Lipinski definition) is 6. The molecular weight excluding hydrogens is 455 g/mol. The second kappa shape index (κ2) is 9.57. The highest BCUT2D eigenvalue weighted by atomic mass is 35.5. The van der Waals surface area contributed by atoms with Crippen LogP contribution in [0.25, 0.3) is 0 Å². The van der Waals surface area contributed by atoms with E-state index in [1.807, 2.05) is 0 Å². The van der Waals surface area contributed by atoms with Gasteiger partial charge >= 0.3 is 0 Å². The highest BCUT2D eigenvalue weighted by Gasteiger charge is 2.20. The van der Waals surface area contributed by atoms with E-state index < -0.39 is 17.6 Å². The lowest BCUT2D eigenvalue weighted by Crippen LogP contribution is -2.25. The zero-order valence-corrected chi connectivity index (χ0v) is 18.0. The van der Waals surface area contributed by atoms with Gasteiger partial charge in [-0.1, -0.05) is 11.6 Å². The van der Waals surface area contributed by atoms with E-state index in [4.69, 9.17) is 20.8 Å². The lowest BCUT2D eigenvalue weighted by atomic mass is 10.3. The summed E-state index contributed by atoms with van der Waals surface area (Å²) in [6.45, 7) is 0.155. The van der Waals surface area contributed by atoms with Crippen molar-refractivity contribution in [2.24, 2.45) is 7.05 Å². The number of hydrogen-bond donors (Lipinski definition) is 2. The summed E-state index contributed by atoms with van der Waals surface area (Å²) < 4.78 is 26.7. The van der Waals surface area contributed by atoms with Crippen molar-refractivity contribution >= 4 is 29.1 Å². The summed E-state index contributed by atoms with van der Waals surface area (Å²) in [7, 11) is 1.63. The maximum Gasteiger partial charge on any atom is 0.276 e. The Morgan fingerprint density at radius 3 is 2.82 bits per heavy atom. The minimum absolute atomic E-state index is 0.0252. The molecule has 0 saturated carbocycles. The first-order valence-electron chi connectivity index (χ1n) is 9.66. The van der Waals surface area contributed by atoms with Crippen molar-refractivity contribution in [1.82, 2.24) is 24.9 Å². The Hall–Kier alpha value is -4.12. The molecule has 0 radical (unpaired) electrons. The third kappa shape index (κ3) is 5.39. The van der Waals surface area contributed by atoms with Crippen LogP contribution in [-0.2, 0) is 20.3 Å². The van der Waals surface area contributed by atoms with Crippen molar-refractivity contribution in [2.75, 3.05) is 5.32 Å². The van der Waals surface area contributed by atoms with Crippen LogP contribution in [0.1, 0.15) is 26.7 Å². The van der Waals surface area contributed by atoms with Gasteiger partial charge in [-0.2, -0.15) is 10.2 Å². The minimum atomic E-state index is -0.550. The molecule has 4 aromatic rings. The minimum Gasteiger partial charge on any atom is -0.471 e. The molecule has 12 heteroatoms. The van der Waals surface area contributed by atoms with Gasteiger partial charge in [0, 0.05) is 25.5 Å².